The topological polar surface area (TPSA) is 177 Å². The minimum atomic E-state index is -2.60. The zero-order valence-electron chi connectivity index (χ0n) is 43.1. The quantitative estimate of drug-likeness (QED) is 0.0701. The van der Waals surface area contributed by atoms with Crippen LogP contribution in [-0.4, -0.2) is 123 Å². The molecule has 5 fully saturated rings. The van der Waals surface area contributed by atoms with Gasteiger partial charge in [-0.3, -0.25) is 28.7 Å². The molecular formula is C55H68BrN12O5P. The number of aryl methyl sites for hydroxylation is 2. The second kappa shape index (κ2) is 20.7. The van der Waals surface area contributed by atoms with E-state index in [1.165, 1.54) is 36.8 Å². The number of carbonyl (C=O) groups is 2. The lowest BCUT2D eigenvalue weighted by Crippen LogP contribution is -2.49. The third-order valence-corrected chi connectivity index (χ3v) is 18.5. The van der Waals surface area contributed by atoms with Crippen molar-refractivity contribution in [1.82, 2.24) is 44.0 Å². The van der Waals surface area contributed by atoms with Crippen molar-refractivity contribution in [1.29, 1.82) is 0 Å². The molecule has 3 aromatic carbocycles. The van der Waals surface area contributed by atoms with Crippen LogP contribution in [0.5, 0.6) is 5.75 Å². The zero-order valence-corrected chi connectivity index (χ0v) is 45.6. The van der Waals surface area contributed by atoms with Gasteiger partial charge in [0.25, 0.3) is 0 Å². The lowest BCUT2D eigenvalue weighted by Gasteiger charge is -2.43. The van der Waals surface area contributed by atoms with E-state index in [-0.39, 0.29) is 18.0 Å². The highest BCUT2D eigenvalue weighted by Crippen LogP contribution is 2.46. The van der Waals surface area contributed by atoms with Gasteiger partial charge in [-0.15, -0.1) is 0 Å². The van der Waals surface area contributed by atoms with Gasteiger partial charge in [0.2, 0.25) is 17.8 Å². The van der Waals surface area contributed by atoms with Gasteiger partial charge >= 0.3 is 5.69 Å². The Balaban J connectivity index is 0.700. The molecule has 1 unspecified atom stereocenters. The fourth-order valence-corrected chi connectivity index (χ4v) is 13.5. The van der Waals surface area contributed by atoms with Crippen molar-refractivity contribution in [3.05, 3.63) is 93.2 Å². The number of amides is 2. The number of ether oxygens (including phenoxy) is 1. The molecule has 11 rings (SSSR count). The molecule has 4 saturated heterocycles. The Morgan fingerprint density at radius 2 is 1.53 bits per heavy atom. The average molecular weight is 1090 g/mol. The van der Waals surface area contributed by atoms with Crippen LogP contribution in [0.4, 0.5) is 28.8 Å². The Kier molecular flexibility index (Phi) is 14.1. The summed E-state index contributed by atoms with van der Waals surface area (Å²) in [6.45, 7) is 11.1. The highest BCUT2D eigenvalue weighted by molar-refractivity contribution is 9.10. The predicted molar refractivity (Wildman–Crippen MR) is 296 cm³/mol. The number of benzene rings is 3. The maximum Gasteiger partial charge on any atom is 0.329 e. The van der Waals surface area contributed by atoms with Gasteiger partial charge < -0.3 is 34.6 Å². The van der Waals surface area contributed by atoms with E-state index < -0.39 is 19.1 Å². The first kappa shape index (κ1) is 50.4. The molecule has 3 N–H and O–H groups in total. The molecule has 74 heavy (non-hydrogen) atoms. The number of rotatable bonds is 14. The third-order valence-electron chi connectivity index (χ3n) is 16.4. The van der Waals surface area contributed by atoms with E-state index in [2.05, 4.69) is 99.3 Å². The number of nitrogens with zero attached hydrogens (tertiary/aromatic N) is 9. The average Bonchev–Trinajstić information content (AvgIpc) is 4.11. The summed E-state index contributed by atoms with van der Waals surface area (Å²) in [5.74, 6) is 2.63. The van der Waals surface area contributed by atoms with Crippen molar-refractivity contribution in [2.24, 2.45) is 20.0 Å². The van der Waals surface area contributed by atoms with Crippen molar-refractivity contribution < 1.29 is 18.9 Å². The number of imide groups is 1. The van der Waals surface area contributed by atoms with Crippen molar-refractivity contribution in [2.45, 2.75) is 88.1 Å². The summed E-state index contributed by atoms with van der Waals surface area (Å²) in [6, 6.07) is 16.7. The molecule has 1 saturated carbocycles. The van der Waals surface area contributed by atoms with Gasteiger partial charge in [0.15, 0.2) is 0 Å². The van der Waals surface area contributed by atoms with E-state index in [1.807, 2.05) is 43.4 Å². The number of aromatic nitrogens is 6. The molecule has 4 aliphatic heterocycles. The number of hydrogen-bond acceptors (Lipinski definition) is 13. The Bertz CT molecular complexity index is 3210. The van der Waals surface area contributed by atoms with Gasteiger partial charge in [0.1, 0.15) is 24.8 Å². The van der Waals surface area contributed by atoms with Crippen LogP contribution in [0.25, 0.3) is 22.2 Å². The molecular weight excluding hydrogens is 1020 g/mol. The minimum Gasteiger partial charge on any atom is -0.494 e. The van der Waals surface area contributed by atoms with Crippen LogP contribution in [0.15, 0.2) is 76.4 Å². The molecule has 390 valence electrons. The summed E-state index contributed by atoms with van der Waals surface area (Å²) in [6.07, 6.45) is 15.4. The Labute approximate surface area is 440 Å². The van der Waals surface area contributed by atoms with Crippen LogP contribution in [0.2, 0.25) is 0 Å². The van der Waals surface area contributed by atoms with E-state index in [1.54, 1.807) is 29.5 Å². The van der Waals surface area contributed by atoms with Crippen LogP contribution in [0, 0.1) is 5.92 Å². The first-order chi connectivity index (χ1) is 35.7. The van der Waals surface area contributed by atoms with Gasteiger partial charge in [-0.05, 0) is 172 Å². The van der Waals surface area contributed by atoms with Gasteiger partial charge in [-0.25, -0.2) is 9.78 Å². The minimum absolute atomic E-state index is 0.225. The second-order valence-corrected chi connectivity index (χ2v) is 25.8. The summed E-state index contributed by atoms with van der Waals surface area (Å²) in [5, 5.41) is 14.7. The van der Waals surface area contributed by atoms with Crippen LogP contribution in [0.1, 0.15) is 93.2 Å². The summed E-state index contributed by atoms with van der Waals surface area (Å²) < 4.78 is 25.3. The molecule has 0 bridgehead atoms. The molecule has 0 spiro atoms. The zero-order chi connectivity index (χ0) is 51.4. The van der Waals surface area contributed by atoms with Gasteiger partial charge in [0, 0.05) is 86.8 Å². The summed E-state index contributed by atoms with van der Waals surface area (Å²) in [7, 11) is 2.81. The van der Waals surface area contributed by atoms with Crippen molar-refractivity contribution in [3.63, 3.8) is 0 Å². The molecule has 5 aliphatic rings. The molecule has 19 heteroatoms. The molecule has 7 heterocycles. The molecule has 1 atom stereocenters. The van der Waals surface area contributed by atoms with Crippen molar-refractivity contribution in [3.8, 4) is 16.9 Å². The molecule has 0 radical (unpaired) electrons. The fourth-order valence-electron chi connectivity index (χ4n) is 12.1. The highest BCUT2D eigenvalue weighted by atomic mass is 79.9. The number of halogens is 1. The van der Waals surface area contributed by atoms with Crippen LogP contribution in [-0.2, 0) is 28.2 Å². The standard InChI is InChI=1S/C55H68BrN12O5P/c1-63-33-39(30-58-63)41-28-44(60-54-57-31-42(56)52(62-54)59-43-10-8-38(35-6-7-35)27-50(43)74(4,5)72)49(73-3)29-47(41)67-24-18-40(19-25-67)66-22-14-34(15-23-66)32-65-20-16-36(17-21-65)37-9-11-45-48(26-37)64(2)55(71)68(45)46-12-13-51(69)61-53(46)70/h8-11,26-31,33-36,40,46H,6-7,12-25,32H2,1-5H3,(H,61,69,70)(H2,57,59,60,62). The second-order valence-electron chi connectivity index (χ2n) is 21.7. The molecule has 17 nitrogen and oxygen atoms in total. The lowest BCUT2D eigenvalue weighted by atomic mass is 9.87. The molecule has 2 amide bonds. The van der Waals surface area contributed by atoms with Crippen molar-refractivity contribution >= 4 is 80.1 Å². The van der Waals surface area contributed by atoms with Crippen LogP contribution in [0.3, 0.4) is 0 Å². The summed E-state index contributed by atoms with van der Waals surface area (Å²) in [5.41, 5.74) is 8.53. The smallest absolute Gasteiger partial charge is 0.329 e. The lowest BCUT2D eigenvalue weighted by molar-refractivity contribution is -0.135. The van der Waals surface area contributed by atoms with Gasteiger partial charge in [-0.2, -0.15) is 10.1 Å². The van der Waals surface area contributed by atoms with E-state index in [0.29, 0.717) is 52.2 Å². The molecule has 3 aromatic heterocycles. The third kappa shape index (κ3) is 10.4. The first-order valence-electron chi connectivity index (χ1n) is 26.4. The van der Waals surface area contributed by atoms with Gasteiger partial charge in [-0.1, -0.05) is 12.1 Å². The van der Waals surface area contributed by atoms with Crippen LogP contribution >= 0.6 is 23.1 Å². The molecule has 1 aliphatic carbocycles. The van der Waals surface area contributed by atoms with E-state index in [4.69, 9.17) is 9.72 Å². The highest BCUT2D eigenvalue weighted by Gasteiger charge is 2.34. The first-order valence-corrected chi connectivity index (χ1v) is 29.8. The number of imidazole rings is 1. The Morgan fingerprint density at radius 1 is 0.797 bits per heavy atom. The van der Waals surface area contributed by atoms with E-state index >= 15 is 0 Å². The number of fused-ring (bicyclic) bond motifs is 1. The summed E-state index contributed by atoms with van der Waals surface area (Å²) >= 11 is 3.65. The number of nitrogens with one attached hydrogen (secondary N) is 3. The monoisotopic (exact) mass is 1090 g/mol. The number of carbonyl (C=O) groups excluding carboxylic acids is 2. The van der Waals surface area contributed by atoms with Gasteiger partial charge in [0.05, 0.1) is 40.2 Å². The predicted octanol–water partition coefficient (Wildman–Crippen LogP) is 8.45. The number of piperidine rings is 4. The number of hydrogen-bond donors (Lipinski definition) is 3. The normalized spacial score (nSPS) is 20.1. The van der Waals surface area contributed by atoms with Crippen molar-refractivity contribution in [2.75, 3.05) is 81.8 Å². The number of methoxy groups -OCH3 is 1. The molecule has 6 aromatic rings. The largest absolute Gasteiger partial charge is 0.494 e. The Morgan fingerprint density at radius 3 is 2.22 bits per heavy atom. The van der Waals surface area contributed by atoms with E-state index in [9.17, 15) is 18.9 Å². The Hall–Kier alpha value is -5.81. The maximum atomic E-state index is 13.5. The summed E-state index contributed by atoms with van der Waals surface area (Å²) in [4.78, 5) is 55.3. The maximum absolute atomic E-state index is 13.5. The number of likely N-dealkylation sites (tertiary alicyclic amines) is 2. The van der Waals surface area contributed by atoms with E-state index in [0.717, 1.165) is 116 Å². The number of anilines is 5. The SMILES string of the molecule is COc1cc(N2CCC(N3CCC(CN4CCC(c5ccc6c(c5)n(C)c(=O)n6C5CCC(=O)NC5=O)CC4)CC3)CC2)c(-c2cnn(C)c2)cc1Nc1ncc(Br)c(Nc2ccc(C3CC3)cc2P(C)(C)=O)n1. The fraction of sp³-hybridized carbons (Fsp3) is 0.491. The van der Waals surface area contributed by atoms with Crippen LogP contribution < -0.4 is 36.6 Å².